The van der Waals surface area contributed by atoms with Gasteiger partial charge in [-0.05, 0) is 0 Å². The van der Waals surface area contributed by atoms with Gasteiger partial charge >= 0.3 is 0 Å². The van der Waals surface area contributed by atoms with Gasteiger partial charge in [0.2, 0.25) is 5.91 Å². The van der Waals surface area contributed by atoms with Crippen molar-refractivity contribution < 1.29 is 9.59 Å². The van der Waals surface area contributed by atoms with E-state index in [2.05, 4.69) is 5.32 Å². The van der Waals surface area contributed by atoms with Crippen LogP contribution in [0, 0.1) is 0 Å². The van der Waals surface area contributed by atoms with E-state index >= 15 is 0 Å². The van der Waals surface area contributed by atoms with Gasteiger partial charge < -0.3 is 15.8 Å². The first-order valence-electron chi connectivity index (χ1n) is 2.70. The van der Waals surface area contributed by atoms with E-state index in [1.807, 2.05) is 0 Å². The molecule has 0 saturated heterocycles. The van der Waals surface area contributed by atoms with Crippen LogP contribution in [0.1, 0.15) is 6.42 Å². The highest BCUT2D eigenvalue weighted by Crippen LogP contribution is 1.64. The van der Waals surface area contributed by atoms with Crippen LogP contribution in [0.2, 0.25) is 0 Å². The molecule has 9 heavy (non-hydrogen) atoms. The average molecular weight is 130 g/mol. The number of aldehydes is 1. The molecule has 0 aromatic rings. The normalized spacial score (nSPS) is 8.89. The minimum absolute atomic E-state index is 0.147. The quantitative estimate of drug-likeness (QED) is 0.357. The smallest absolute Gasteiger partial charge is 0.231 e. The van der Waals surface area contributed by atoms with Gasteiger partial charge in [-0.2, -0.15) is 0 Å². The molecule has 0 fully saturated rings. The molecule has 0 aliphatic heterocycles. The van der Waals surface area contributed by atoms with Crippen molar-refractivity contribution in [2.75, 3.05) is 13.1 Å². The number of carbonyl (C=O) groups excluding carboxylic acids is 2. The summed E-state index contributed by atoms with van der Waals surface area (Å²) in [5.41, 5.74) is 4.78. The molecule has 3 N–H and O–H groups in total. The second-order valence-electron chi connectivity index (χ2n) is 1.60. The van der Waals surface area contributed by atoms with E-state index in [1.165, 1.54) is 0 Å². The third-order valence-electron chi connectivity index (χ3n) is 0.738. The van der Waals surface area contributed by atoms with Crippen LogP contribution in [0.15, 0.2) is 0 Å². The Morgan fingerprint density at radius 1 is 1.67 bits per heavy atom. The van der Waals surface area contributed by atoms with E-state index in [1.54, 1.807) is 0 Å². The van der Waals surface area contributed by atoms with E-state index < -0.39 is 5.91 Å². The van der Waals surface area contributed by atoms with Crippen molar-refractivity contribution >= 4 is 12.2 Å². The van der Waals surface area contributed by atoms with Crippen molar-refractivity contribution in [2.45, 2.75) is 6.42 Å². The Kier molecular flexibility index (Phi) is 4.72. The minimum atomic E-state index is -0.402. The summed E-state index contributed by atoms with van der Waals surface area (Å²) >= 11 is 0. The molecule has 0 aliphatic carbocycles. The zero-order valence-corrected chi connectivity index (χ0v) is 5.09. The van der Waals surface area contributed by atoms with Crippen molar-refractivity contribution in [3.8, 4) is 0 Å². The molecule has 0 atom stereocenters. The summed E-state index contributed by atoms with van der Waals surface area (Å²) in [5.74, 6) is -0.402. The highest BCUT2D eigenvalue weighted by atomic mass is 16.1. The maximum Gasteiger partial charge on any atom is 0.231 e. The van der Waals surface area contributed by atoms with Gasteiger partial charge in [0, 0.05) is 13.0 Å². The lowest BCUT2D eigenvalue weighted by atomic mass is 10.4. The Balaban J connectivity index is 2.91. The molecule has 52 valence electrons. The zero-order chi connectivity index (χ0) is 7.11. The van der Waals surface area contributed by atoms with Gasteiger partial charge in [0.1, 0.15) is 6.29 Å². The van der Waals surface area contributed by atoms with Crippen LogP contribution in [0.25, 0.3) is 0 Å². The third-order valence-corrected chi connectivity index (χ3v) is 0.738. The van der Waals surface area contributed by atoms with Crippen LogP contribution >= 0.6 is 0 Å². The number of rotatable bonds is 5. The monoisotopic (exact) mass is 130 g/mol. The predicted molar refractivity (Wildman–Crippen MR) is 32.7 cm³/mol. The van der Waals surface area contributed by atoms with E-state index in [0.717, 1.165) is 6.29 Å². The Bertz CT molecular complexity index is 103. The van der Waals surface area contributed by atoms with Gasteiger partial charge in [0.25, 0.3) is 0 Å². The molecule has 0 unspecified atom stereocenters. The topological polar surface area (TPSA) is 72.2 Å². The summed E-state index contributed by atoms with van der Waals surface area (Å²) in [6, 6.07) is 0. The van der Waals surface area contributed by atoms with Crippen LogP contribution in [0.5, 0.6) is 0 Å². The maximum absolute atomic E-state index is 10.0. The Morgan fingerprint density at radius 2 is 2.33 bits per heavy atom. The molecule has 4 nitrogen and oxygen atoms in total. The van der Waals surface area contributed by atoms with Crippen LogP contribution < -0.4 is 11.1 Å². The predicted octanol–water partition coefficient (Wildman–Crippen LogP) is -1.35. The fourth-order valence-corrected chi connectivity index (χ4v) is 0.373. The average Bonchev–Trinajstić information content (AvgIpc) is 1.80. The van der Waals surface area contributed by atoms with Crippen molar-refractivity contribution in [3.63, 3.8) is 0 Å². The zero-order valence-electron chi connectivity index (χ0n) is 5.09. The first kappa shape index (κ1) is 8.10. The molecule has 0 heterocycles. The molecule has 0 spiro atoms. The number of primary amides is 1. The summed E-state index contributed by atoms with van der Waals surface area (Å²) in [5, 5.41) is 2.68. The van der Waals surface area contributed by atoms with Gasteiger partial charge in [0.05, 0.1) is 6.54 Å². The highest BCUT2D eigenvalue weighted by molar-refractivity contribution is 5.75. The Hall–Kier alpha value is -0.900. The van der Waals surface area contributed by atoms with Crippen LogP contribution in [-0.2, 0) is 9.59 Å². The van der Waals surface area contributed by atoms with E-state index in [9.17, 15) is 9.59 Å². The van der Waals surface area contributed by atoms with Gasteiger partial charge in [-0.15, -0.1) is 0 Å². The van der Waals surface area contributed by atoms with Gasteiger partial charge in [-0.1, -0.05) is 0 Å². The second-order valence-corrected chi connectivity index (χ2v) is 1.60. The molecule has 0 aliphatic rings. The minimum Gasteiger partial charge on any atom is -0.369 e. The van der Waals surface area contributed by atoms with Gasteiger partial charge in [-0.3, -0.25) is 4.79 Å². The second kappa shape index (κ2) is 5.24. The number of hydrogen-bond acceptors (Lipinski definition) is 3. The summed E-state index contributed by atoms with van der Waals surface area (Å²) in [4.78, 5) is 19.7. The van der Waals surface area contributed by atoms with Crippen LogP contribution in [0.4, 0.5) is 0 Å². The molecule has 4 heteroatoms. The highest BCUT2D eigenvalue weighted by Gasteiger charge is 1.89. The van der Waals surface area contributed by atoms with Crippen molar-refractivity contribution in [3.05, 3.63) is 0 Å². The Morgan fingerprint density at radius 3 is 2.78 bits per heavy atom. The lowest BCUT2D eigenvalue weighted by Crippen LogP contribution is -2.29. The van der Waals surface area contributed by atoms with E-state index in [-0.39, 0.29) is 6.54 Å². The largest absolute Gasteiger partial charge is 0.369 e. The van der Waals surface area contributed by atoms with Crippen LogP contribution in [-0.4, -0.2) is 25.3 Å². The molecule has 0 aromatic carbocycles. The summed E-state index contributed by atoms with van der Waals surface area (Å²) in [7, 11) is 0. The number of nitrogens with two attached hydrogens (primary N) is 1. The van der Waals surface area contributed by atoms with Crippen molar-refractivity contribution in [2.24, 2.45) is 5.73 Å². The SMILES string of the molecule is NC(=O)CNCCC=O. The van der Waals surface area contributed by atoms with Gasteiger partial charge in [0.15, 0.2) is 0 Å². The summed E-state index contributed by atoms with van der Waals surface area (Å²) in [6.07, 6.45) is 1.21. The fraction of sp³-hybridized carbons (Fsp3) is 0.600. The maximum atomic E-state index is 10.0. The summed E-state index contributed by atoms with van der Waals surface area (Å²) < 4.78 is 0. The van der Waals surface area contributed by atoms with Crippen LogP contribution in [0.3, 0.4) is 0 Å². The van der Waals surface area contributed by atoms with Crippen molar-refractivity contribution in [1.29, 1.82) is 0 Å². The lowest BCUT2D eigenvalue weighted by molar-refractivity contribution is -0.117. The number of nitrogens with one attached hydrogen (secondary N) is 1. The fourth-order valence-electron chi connectivity index (χ4n) is 0.373. The molecular weight excluding hydrogens is 120 g/mol. The molecular formula is C5H10N2O2. The molecule has 0 radical (unpaired) electrons. The Labute approximate surface area is 53.4 Å². The molecule has 1 amide bonds. The summed E-state index contributed by atoms with van der Waals surface area (Å²) in [6.45, 7) is 0.667. The number of carbonyl (C=O) groups is 2. The van der Waals surface area contributed by atoms with Gasteiger partial charge in [-0.25, -0.2) is 0 Å². The molecule has 0 aromatic heterocycles. The lowest BCUT2D eigenvalue weighted by Gasteiger charge is -1.94. The third kappa shape index (κ3) is 7.10. The van der Waals surface area contributed by atoms with E-state index in [4.69, 9.17) is 5.73 Å². The van der Waals surface area contributed by atoms with Crippen molar-refractivity contribution in [1.82, 2.24) is 5.32 Å². The standard InChI is InChI=1S/C5H10N2O2/c6-5(9)4-7-2-1-3-8/h3,7H,1-2,4H2,(H2,6,9). The molecule has 0 bridgehead atoms. The van der Waals surface area contributed by atoms with E-state index in [0.29, 0.717) is 13.0 Å². The number of amides is 1. The molecule has 0 saturated carbocycles. The first-order valence-corrected chi connectivity index (χ1v) is 2.70. The number of hydrogen-bond donors (Lipinski definition) is 2. The molecule has 0 rings (SSSR count). The first-order chi connectivity index (χ1) is 4.27.